The highest BCUT2D eigenvalue weighted by molar-refractivity contribution is 8.13. The van der Waals surface area contributed by atoms with Gasteiger partial charge in [-0.2, -0.15) is 0 Å². The average molecular weight is 278 g/mol. The maximum Gasteiger partial charge on any atom is 0.420 e. The van der Waals surface area contributed by atoms with Crippen molar-refractivity contribution in [2.45, 2.75) is 11.4 Å². The van der Waals surface area contributed by atoms with E-state index in [9.17, 15) is 13.2 Å². The Morgan fingerprint density at radius 3 is 2.71 bits per heavy atom. The average Bonchev–Trinajstić information content (AvgIpc) is 2.54. The van der Waals surface area contributed by atoms with Gasteiger partial charge in [-0.05, 0) is 12.1 Å². The van der Waals surface area contributed by atoms with Crippen molar-refractivity contribution >= 4 is 30.8 Å². The van der Waals surface area contributed by atoms with Crippen molar-refractivity contribution in [3.63, 3.8) is 0 Å². The third-order valence-electron chi connectivity index (χ3n) is 2.24. The molecule has 6 nitrogen and oxygen atoms in total. The minimum atomic E-state index is -3.86. The third-order valence-corrected chi connectivity index (χ3v) is 3.60. The SMILES string of the molecule is O=c1oc2cc(S(=O)(=O)Cl)ccc2n1CCO. The highest BCUT2D eigenvalue weighted by Crippen LogP contribution is 2.21. The first kappa shape index (κ1) is 12.2. The maximum absolute atomic E-state index is 11.4. The number of fused-ring (bicyclic) bond motifs is 1. The highest BCUT2D eigenvalue weighted by Gasteiger charge is 2.14. The maximum atomic E-state index is 11.4. The predicted octanol–water partition coefficient (Wildman–Crippen LogP) is 0.514. The van der Waals surface area contributed by atoms with Crippen LogP contribution in [0.2, 0.25) is 0 Å². The molecule has 0 atom stereocenters. The zero-order valence-corrected chi connectivity index (χ0v) is 10.0. The summed E-state index contributed by atoms with van der Waals surface area (Å²) in [5.41, 5.74) is 0.526. The number of oxazole rings is 1. The second-order valence-corrected chi connectivity index (χ2v) is 5.88. The van der Waals surface area contributed by atoms with Crippen LogP contribution in [0.15, 0.2) is 32.3 Å². The molecule has 1 aromatic carbocycles. The van der Waals surface area contributed by atoms with Crippen LogP contribution in [0.4, 0.5) is 0 Å². The summed E-state index contributed by atoms with van der Waals surface area (Å²) in [5, 5.41) is 8.79. The number of rotatable bonds is 3. The van der Waals surface area contributed by atoms with Crippen LogP contribution in [0.3, 0.4) is 0 Å². The highest BCUT2D eigenvalue weighted by atomic mass is 35.7. The van der Waals surface area contributed by atoms with Gasteiger partial charge in [0, 0.05) is 16.7 Å². The first-order valence-corrected chi connectivity index (χ1v) is 6.93. The number of aliphatic hydroxyl groups is 1. The van der Waals surface area contributed by atoms with Gasteiger partial charge in [-0.1, -0.05) is 0 Å². The molecule has 2 rings (SSSR count). The molecule has 1 heterocycles. The Balaban J connectivity index is 2.70. The summed E-state index contributed by atoms with van der Waals surface area (Å²) >= 11 is 0. The Hall–Kier alpha value is -1.31. The number of nitrogens with zero attached hydrogens (tertiary/aromatic N) is 1. The third kappa shape index (κ3) is 2.21. The molecule has 0 fully saturated rings. The molecule has 0 spiro atoms. The summed E-state index contributed by atoms with van der Waals surface area (Å²) in [6.07, 6.45) is 0. The van der Waals surface area contributed by atoms with Crippen LogP contribution in [0, 0.1) is 0 Å². The molecule has 92 valence electrons. The smallest absolute Gasteiger partial charge is 0.408 e. The minimum absolute atomic E-state index is 0.0821. The van der Waals surface area contributed by atoms with Crippen LogP contribution in [-0.4, -0.2) is 24.7 Å². The lowest BCUT2D eigenvalue weighted by molar-refractivity contribution is 0.272. The van der Waals surface area contributed by atoms with Crippen molar-refractivity contribution in [1.29, 1.82) is 0 Å². The molecule has 0 radical (unpaired) electrons. The van der Waals surface area contributed by atoms with Gasteiger partial charge in [-0.3, -0.25) is 4.57 Å². The number of halogens is 1. The van der Waals surface area contributed by atoms with Crippen molar-refractivity contribution in [3.05, 3.63) is 28.7 Å². The molecular formula is C9H8ClNO5S. The van der Waals surface area contributed by atoms with E-state index in [1.54, 1.807) is 0 Å². The molecule has 2 aromatic rings. The van der Waals surface area contributed by atoms with E-state index in [0.29, 0.717) is 5.52 Å². The van der Waals surface area contributed by atoms with Crippen LogP contribution in [0.5, 0.6) is 0 Å². The van der Waals surface area contributed by atoms with Crippen LogP contribution >= 0.6 is 10.7 Å². The van der Waals surface area contributed by atoms with Gasteiger partial charge in [-0.25, -0.2) is 13.2 Å². The van der Waals surface area contributed by atoms with Gasteiger partial charge < -0.3 is 9.52 Å². The summed E-state index contributed by atoms with van der Waals surface area (Å²) in [7, 11) is 1.31. The molecule has 1 aromatic heterocycles. The zero-order chi connectivity index (χ0) is 12.6. The fourth-order valence-electron chi connectivity index (χ4n) is 1.51. The van der Waals surface area contributed by atoms with Crippen LogP contribution in [-0.2, 0) is 15.6 Å². The van der Waals surface area contributed by atoms with Gasteiger partial charge in [0.1, 0.15) is 0 Å². The van der Waals surface area contributed by atoms with E-state index in [4.69, 9.17) is 20.2 Å². The van der Waals surface area contributed by atoms with E-state index in [0.717, 1.165) is 0 Å². The molecule has 0 aliphatic carbocycles. The number of hydrogen-bond donors (Lipinski definition) is 1. The van der Waals surface area contributed by atoms with Gasteiger partial charge >= 0.3 is 5.76 Å². The van der Waals surface area contributed by atoms with Crippen molar-refractivity contribution in [2.75, 3.05) is 6.61 Å². The van der Waals surface area contributed by atoms with E-state index < -0.39 is 14.8 Å². The normalized spacial score (nSPS) is 12.1. The van der Waals surface area contributed by atoms with Gasteiger partial charge in [0.25, 0.3) is 9.05 Å². The number of aromatic nitrogens is 1. The number of benzene rings is 1. The minimum Gasteiger partial charge on any atom is -0.408 e. The first-order valence-electron chi connectivity index (χ1n) is 4.62. The van der Waals surface area contributed by atoms with Crippen molar-refractivity contribution in [1.82, 2.24) is 4.57 Å². The van der Waals surface area contributed by atoms with E-state index in [2.05, 4.69) is 0 Å². The molecule has 0 amide bonds. The summed E-state index contributed by atoms with van der Waals surface area (Å²) in [6, 6.07) is 3.85. The van der Waals surface area contributed by atoms with Crippen LogP contribution in [0.25, 0.3) is 11.1 Å². The Morgan fingerprint density at radius 2 is 2.12 bits per heavy atom. The molecule has 0 aliphatic rings. The van der Waals surface area contributed by atoms with E-state index in [1.807, 2.05) is 0 Å². The van der Waals surface area contributed by atoms with E-state index in [-0.39, 0.29) is 23.6 Å². The lowest BCUT2D eigenvalue weighted by Crippen LogP contribution is -2.15. The van der Waals surface area contributed by atoms with E-state index >= 15 is 0 Å². The van der Waals surface area contributed by atoms with Crippen LogP contribution < -0.4 is 5.76 Å². The zero-order valence-electron chi connectivity index (χ0n) is 8.46. The summed E-state index contributed by atoms with van der Waals surface area (Å²) in [5.74, 6) is -0.654. The molecule has 0 unspecified atom stereocenters. The Kier molecular flexibility index (Phi) is 2.98. The lowest BCUT2D eigenvalue weighted by Gasteiger charge is -1.98. The molecule has 0 aliphatic heterocycles. The Morgan fingerprint density at radius 1 is 1.41 bits per heavy atom. The molecule has 8 heteroatoms. The fraction of sp³-hybridized carbons (Fsp3) is 0.222. The second-order valence-electron chi connectivity index (χ2n) is 3.31. The van der Waals surface area contributed by atoms with Gasteiger partial charge in [0.05, 0.1) is 23.6 Å². The molecule has 0 saturated carbocycles. The summed E-state index contributed by atoms with van der Waals surface area (Å²) in [6.45, 7) is -0.136. The van der Waals surface area contributed by atoms with Crippen LogP contribution in [0.1, 0.15) is 0 Å². The molecule has 0 bridgehead atoms. The monoisotopic (exact) mass is 277 g/mol. The number of hydrogen-bond acceptors (Lipinski definition) is 5. The van der Waals surface area contributed by atoms with Crippen molar-refractivity contribution < 1.29 is 17.9 Å². The van der Waals surface area contributed by atoms with Gasteiger partial charge in [-0.15, -0.1) is 0 Å². The van der Waals surface area contributed by atoms with Crippen molar-refractivity contribution in [3.8, 4) is 0 Å². The van der Waals surface area contributed by atoms with Gasteiger partial charge in [0.2, 0.25) is 0 Å². The molecular weight excluding hydrogens is 270 g/mol. The molecule has 1 N–H and O–H groups in total. The Labute approximate surface area is 100 Å². The molecule has 0 saturated heterocycles. The summed E-state index contributed by atoms with van der Waals surface area (Å²) < 4.78 is 28.3. The van der Waals surface area contributed by atoms with E-state index in [1.165, 1.54) is 22.8 Å². The Bertz CT molecular complexity index is 715. The fourth-order valence-corrected chi connectivity index (χ4v) is 2.28. The topological polar surface area (TPSA) is 89.5 Å². The predicted molar refractivity (Wildman–Crippen MR) is 60.6 cm³/mol. The van der Waals surface area contributed by atoms with Gasteiger partial charge in [0.15, 0.2) is 5.58 Å². The summed E-state index contributed by atoms with van der Waals surface area (Å²) in [4.78, 5) is 11.3. The standard InChI is InChI=1S/C9H8ClNO5S/c10-17(14,15)6-1-2-7-8(5-6)16-9(13)11(7)3-4-12/h1-2,5,12H,3-4H2. The second kappa shape index (κ2) is 4.17. The largest absolute Gasteiger partial charge is 0.420 e. The van der Waals surface area contributed by atoms with Crippen molar-refractivity contribution in [2.24, 2.45) is 0 Å². The molecule has 17 heavy (non-hydrogen) atoms. The quantitative estimate of drug-likeness (QED) is 0.826. The number of aliphatic hydroxyl groups excluding tert-OH is 1. The lowest BCUT2D eigenvalue weighted by atomic mass is 10.3. The first-order chi connectivity index (χ1) is 7.93.